The van der Waals surface area contributed by atoms with Gasteiger partial charge in [0.2, 0.25) is 9.05 Å². The van der Waals surface area contributed by atoms with E-state index in [4.69, 9.17) is 20.2 Å². The Morgan fingerprint density at radius 2 is 2.05 bits per heavy atom. The summed E-state index contributed by atoms with van der Waals surface area (Å²) in [5.74, 6) is -0.852. The van der Waals surface area contributed by atoms with E-state index < -0.39 is 20.6 Å². The summed E-state index contributed by atoms with van der Waals surface area (Å²) in [5, 5.41) is 0. The monoisotopic (exact) mass is 308 g/mol. The van der Waals surface area contributed by atoms with Gasteiger partial charge >= 0.3 is 0 Å². The molecule has 0 bridgehead atoms. The van der Waals surface area contributed by atoms with E-state index in [1.807, 2.05) is 0 Å². The zero-order chi connectivity index (χ0) is 13.9. The number of rotatable bonds is 4. The number of hydrogen-bond donors (Lipinski definition) is 0. The molecule has 1 aromatic carbocycles. The van der Waals surface area contributed by atoms with Gasteiger partial charge in [-0.2, -0.15) is 0 Å². The fourth-order valence-corrected chi connectivity index (χ4v) is 2.86. The molecule has 0 amide bonds. The highest BCUT2D eigenvalue weighted by atomic mass is 35.7. The highest BCUT2D eigenvalue weighted by molar-refractivity contribution is 8.13. The van der Waals surface area contributed by atoms with Crippen molar-refractivity contribution in [3.8, 4) is 5.75 Å². The van der Waals surface area contributed by atoms with Crippen molar-refractivity contribution in [2.24, 2.45) is 0 Å². The topological polar surface area (TPSA) is 52.6 Å². The molecule has 0 unspecified atom stereocenters. The first-order valence-electron chi connectivity index (χ1n) is 5.89. The highest BCUT2D eigenvalue weighted by Crippen LogP contribution is 2.23. The summed E-state index contributed by atoms with van der Waals surface area (Å²) in [6, 6.07) is 4.06. The minimum Gasteiger partial charge on any atom is -0.487 e. The molecule has 19 heavy (non-hydrogen) atoms. The van der Waals surface area contributed by atoms with Gasteiger partial charge in [0, 0.05) is 23.5 Å². The summed E-state index contributed by atoms with van der Waals surface area (Å²) in [6.45, 7) is 1.21. The maximum absolute atomic E-state index is 13.8. The Morgan fingerprint density at radius 1 is 1.37 bits per heavy atom. The predicted octanol–water partition coefficient (Wildman–Crippen LogP) is 2.45. The Hall–Kier alpha value is -0.850. The van der Waals surface area contributed by atoms with Crippen molar-refractivity contribution >= 4 is 19.7 Å². The molecule has 106 valence electrons. The number of halogens is 2. The van der Waals surface area contributed by atoms with Crippen molar-refractivity contribution in [2.45, 2.75) is 24.7 Å². The second-order valence-electron chi connectivity index (χ2n) is 4.38. The van der Waals surface area contributed by atoms with E-state index in [9.17, 15) is 12.8 Å². The third-order valence-electron chi connectivity index (χ3n) is 2.80. The number of benzene rings is 1. The maximum atomic E-state index is 13.8. The van der Waals surface area contributed by atoms with E-state index in [1.54, 1.807) is 0 Å². The molecule has 0 spiro atoms. The van der Waals surface area contributed by atoms with Crippen molar-refractivity contribution in [3.63, 3.8) is 0 Å². The number of ether oxygens (including phenoxy) is 2. The Bertz CT molecular complexity index is 541. The van der Waals surface area contributed by atoms with E-state index in [1.165, 1.54) is 12.1 Å². The molecule has 1 aliphatic rings. The lowest BCUT2D eigenvalue weighted by Crippen LogP contribution is -2.26. The van der Waals surface area contributed by atoms with Crippen molar-refractivity contribution < 1.29 is 22.3 Å². The van der Waals surface area contributed by atoms with Gasteiger partial charge in [-0.1, -0.05) is 6.07 Å². The summed E-state index contributed by atoms with van der Waals surface area (Å²) < 4.78 is 46.3. The average molecular weight is 309 g/mol. The molecular formula is C12H14ClFO4S. The second kappa shape index (κ2) is 6.07. The van der Waals surface area contributed by atoms with Crippen molar-refractivity contribution in [1.29, 1.82) is 0 Å². The van der Waals surface area contributed by atoms with E-state index in [0.29, 0.717) is 18.8 Å². The van der Waals surface area contributed by atoms with Gasteiger partial charge in [0.15, 0.2) is 11.6 Å². The van der Waals surface area contributed by atoms with Crippen LogP contribution in [0.1, 0.15) is 18.4 Å². The van der Waals surface area contributed by atoms with Gasteiger partial charge in [0.05, 0.1) is 19.0 Å². The lowest BCUT2D eigenvalue weighted by Gasteiger charge is -2.23. The largest absolute Gasteiger partial charge is 0.487 e. The molecule has 1 aromatic rings. The third-order valence-corrected chi connectivity index (χ3v) is 3.80. The first-order chi connectivity index (χ1) is 8.94. The van der Waals surface area contributed by atoms with Crippen LogP contribution >= 0.6 is 10.7 Å². The molecule has 0 radical (unpaired) electrons. The molecule has 0 aliphatic carbocycles. The minimum absolute atomic E-state index is 0.0640. The van der Waals surface area contributed by atoms with Crippen LogP contribution in [0.4, 0.5) is 4.39 Å². The minimum atomic E-state index is -3.69. The molecule has 1 fully saturated rings. The van der Waals surface area contributed by atoms with Gasteiger partial charge in [-0.05, 0) is 17.7 Å². The highest BCUT2D eigenvalue weighted by Gasteiger charge is 2.17. The van der Waals surface area contributed by atoms with Crippen LogP contribution < -0.4 is 4.74 Å². The van der Waals surface area contributed by atoms with Crippen LogP contribution in [-0.4, -0.2) is 27.7 Å². The second-order valence-corrected chi connectivity index (χ2v) is 7.15. The van der Waals surface area contributed by atoms with Crippen LogP contribution in [0.15, 0.2) is 18.2 Å². The first-order valence-corrected chi connectivity index (χ1v) is 8.37. The fourth-order valence-electron chi connectivity index (χ4n) is 1.90. The first kappa shape index (κ1) is 14.6. The maximum Gasteiger partial charge on any atom is 0.236 e. The van der Waals surface area contributed by atoms with E-state index in [-0.39, 0.29) is 11.9 Å². The summed E-state index contributed by atoms with van der Waals surface area (Å²) in [7, 11) is 1.43. The van der Waals surface area contributed by atoms with Crippen LogP contribution in [0.3, 0.4) is 0 Å². The van der Waals surface area contributed by atoms with Crippen molar-refractivity contribution in [2.75, 3.05) is 13.2 Å². The Morgan fingerprint density at radius 3 is 2.63 bits per heavy atom. The molecule has 0 atom stereocenters. The average Bonchev–Trinajstić information content (AvgIpc) is 2.32. The molecule has 1 saturated heterocycles. The third kappa shape index (κ3) is 4.63. The van der Waals surface area contributed by atoms with Crippen molar-refractivity contribution in [1.82, 2.24) is 0 Å². The SMILES string of the molecule is O=S(=O)(Cl)Cc1ccc(OC2CCOCC2)c(F)c1. The molecule has 0 saturated carbocycles. The van der Waals surface area contributed by atoms with Crippen LogP contribution in [0.25, 0.3) is 0 Å². The van der Waals surface area contributed by atoms with E-state index in [2.05, 4.69) is 0 Å². The lowest BCUT2D eigenvalue weighted by atomic mass is 10.1. The molecular weight excluding hydrogens is 295 g/mol. The van der Waals surface area contributed by atoms with E-state index >= 15 is 0 Å². The zero-order valence-electron chi connectivity index (χ0n) is 10.1. The molecule has 1 aliphatic heterocycles. The van der Waals surface area contributed by atoms with Crippen LogP contribution in [0.5, 0.6) is 5.75 Å². The smallest absolute Gasteiger partial charge is 0.236 e. The summed E-state index contributed by atoms with van der Waals surface area (Å²) in [6.07, 6.45) is 1.37. The van der Waals surface area contributed by atoms with Gasteiger partial charge < -0.3 is 9.47 Å². The van der Waals surface area contributed by atoms with Gasteiger partial charge in [0.25, 0.3) is 0 Å². The van der Waals surface area contributed by atoms with Crippen LogP contribution in [0.2, 0.25) is 0 Å². The lowest BCUT2D eigenvalue weighted by molar-refractivity contribution is 0.0240. The van der Waals surface area contributed by atoms with E-state index in [0.717, 1.165) is 18.9 Å². The van der Waals surface area contributed by atoms with Crippen LogP contribution in [-0.2, 0) is 19.5 Å². The Labute approximate surface area is 115 Å². The summed E-state index contributed by atoms with van der Waals surface area (Å²) in [4.78, 5) is 0. The molecule has 2 rings (SSSR count). The van der Waals surface area contributed by atoms with Crippen LogP contribution in [0, 0.1) is 5.82 Å². The molecule has 0 aromatic heterocycles. The Kier molecular flexibility index (Phi) is 4.65. The van der Waals surface area contributed by atoms with Crippen molar-refractivity contribution in [3.05, 3.63) is 29.6 Å². The van der Waals surface area contributed by atoms with Gasteiger partial charge in [0.1, 0.15) is 6.10 Å². The zero-order valence-corrected chi connectivity index (χ0v) is 11.7. The van der Waals surface area contributed by atoms with Gasteiger partial charge in [-0.25, -0.2) is 12.8 Å². The van der Waals surface area contributed by atoms with Gasteiger partial charge in [-0.15, -0.1) is 0 Å². The fraction of sp³-hybridized carbons (Fsp3) is 0.500. The summed E-state index contributed by atoms with van der Waals surface area (Å²) in [5.41, 5.74) is 0.298. The quantitative estimate of drug-likeness (QED) is 0.802. The molecule has 7 heteroatoms. The predicted molar refractivity (Wildman–Crippen MR) is 69.3 cm³/mol. The molecule has 0 N–H and O–H groups in total. The standard InChI is InChI=1S/C12H14ClFO4S/c13-19(15,16)8-9-1-2-12(11(14)7-9)18-10-3-5-17-6-4-10/h1-2,7,10H,3-6,8H2. The molecule has 1 heterocycles. The normalized spacial score (nSPS) is 17.4. The molecule has 4 nitrogen and oxygen atoms in total. The van der Waals surface area contributed by atoms with Gasteiger partial charge in [-0.3, -0.25) is 0 Å². The number of hydrogen-bond acceptors (Lipinski definition) is 4. The summed E-state index contributed by atoms with van der Waals surface area (Å²) >= 11 is 0. The Balaban J connectivity index is 2.06.